The van der Waals surface area contributed by atoms with E-state index in [9.17, 15) is 4.79 Å². The molecule has 0 spiro atoms. The van der Waals surface area contributed by atoms with E-state index in [4.69, 9.17) is 0 Å². The maximum absolute atomic E-state index is 13.3. The van der Waals surface area contributed by atoms with Crippen molar-refractivity contribution in [1.82, 2.24) is 19.9 Å². The van der Waals surface area contributed by atoms with E-state index in [2.05, 4.69) is 36.0 Å². The maximum atomic E-state index is 13.3. The number of carbonyl (C=O) groups excluding carboxylic acids is 1. The second-order valence-corrected chi connectivity index (χ2v) is 7.64. The van der Waals surface area contributed by atoms with Gasteiger partial charge in [-0.3, -0.25) is 4.79 Å². The van der Waals surface area contributed by atoms with Crippen molar-refractivity contribution in [3.8, 4) is 0 Å². The molecule has 1 aromatic heterocycles. The van der Waals surface area contributed by atoms with Gasteiger partial charge in [-0.2, -0.15) is 0 Å². The van der Waals surface area contributed by atoms with Gasteiger partial charge >= 0.3 is 0 Å². The third-order valence-corrected chi connectivity index (χ3v) is 5.72. The largest absolute Gasteiger partial charge is 0.327 e. The monoisotopic (exact) mass is 356 g/mol. The van der Waals surface area contributed by atoms with Crippen molar-refractivity contribution >= 4 is 5.91 Å². The van der Waals surface area contributed by atoms with Crippen LogP contribution in [0, 0.1) is 0 Å². The van der Waals surface area contributed by atoms with Crippen molar-refractivity contribution in [2.45, 2.75) is 89.3 Å². The zero-order valence-electron chi connectivity index (χ0n) is 16.0. The van der Waals surface area contributed by atoms with Crippen LogP contribution in [0.15, 0.2) is 31.0 Å². The molecule has 0 radical (unpaired) electrons. The van der Waals surface area contributed by atoms with Crippen molar-refractivity contribution in [2.24, 2.45) is 0 Å². The Balaban J connectivity index is 1.78. The molecule has 26 heavy (non-hydrogen) atoms. The normalized spacial score (nSPS) is 24.0. The molecule has 3 rings (SSSR count). The van der Waals surface area contributed by atoms with Gasteiger partial charge in [0.25, 0.3) is 5.91 Å². The number of unbranched alkanes of at least 4 members (excludes halogenated alkanes) is 1. The van der Waals surface area contributed by atoms with Gasteiger partial charge in [-0.05, 0) is 32.1 Å². The fourth-order valence-corrected chi connectivity index (χ4v) is 4.27. The van der Waals surface area contributed by atoms with Crippen molar-refractivity contribution in [1.29, 1.82) is 0 Å². The van der Waals surface area contributed by atoms with E-state index in [1.54, 1.807) is 0 Å². The molecule has 0 aromatic carbocycles. The van der Waals surface area contributed by atoms with Crippen molar-refractivity contribution in [2.75, 3.05) is 0 Å². The topological polar surface area (TPSA) is 51.0 Å². The van der Waals surface area contributed by atoms with E-state index in [0.717, 1.165) is 44.9 Å². The van der Waals surface area contributed by atoms with Crippen LogP contribution >= 0.6 is 0 Å². The van der Waals surface area contributed by atoms with Crippen LogP contribution in [0.25, 0.3) is 0 Å². The minimum atomic E-state index is 0.0179. The van der Waals surface area contributed by atoms with Gasteiger partial charge in [-0.15, -0.1) is 11.7 Å². The molecule has 142 valence electrons. The van der Waals surface area contributed by atoms with Crippen LogP contribution in [0.4, 0.5) is 0 Å². The van der Waals surface area contributed by atoms with Crippen LogP contribution in [0.1, 0.15) is 87.7 Å². The minimum absolute atomic E-state index is 0.0179. The number of carbonyl (C=O) groups is 1. The average Bonchev–Trinajstić information content (AvgIpc) is 3.17. The first kappa shape index (κ1) is 18.9. The second kappa shape index (κ2) is 9.15. The lowest BCUT2D eigenvalue weighted by Crippen LogP contribution is -2.48. The van der Waals surface area contributed by atoms with Gasteiger partial charge in [-0.25, -0.2) is 4.68 Å². The van der Waals surface area contributed by atoms with Crippen LogP contribution in [-0.2, 0) is 0 Å². The van der Waals surface area contributed by atoms with Crippen molar-refractivity contribution < 1.29 is 4.79 Å². The van der Waals surface area contributed by atoms with Gasteiger partial charge < -0.3 is 4.90 Å². The summed E-state index contributed by atoms with van der Waals surface area (Å²) in [4.78, 5) is 15.3. The van der Waals surface area contributed by atoms with Crippen LogP contribution in [0.5, 0.6) is 0 Å². The SMILES string of the molecule is C=CC[C@H]1CC=C[C@H](CCCC)N1C(=O)c1cn(C2CCCCC2)nn1. The zero-order valence-corrected chi connectivity index (χ0v) is 16.0. The smallest absolute Gasteiger partial charge is 0.276 e. The Labute approximate surface area is 157 Å². The molecule has 1 saturated carbocycles. The van der Waals surface area contributed by atoms with Crippen molar-refractivity contribution in [3.05, 3.63) is 36.7 Å². The lowest BCUT2D eigenvalue weighted by molar-refractivity contribution is 0.0587. The Bertz CT molecular complexity index is 630. The van der Waals surface area contributed by atoms with Gasteiger partial charge in [-0.1, -0.05) is 62.5 Å². The molecule has 1 aromatic rings. The number of nitrogens with zero attached hydrogens (tertiary/aromatic N) is 4. The molecule has 1 amide bonds. The van der Waals surface area contributed by atoms with E-state index in [0.29, 0.717) is 11.7 Å². The Morgan fingerprint density at radius 3 is 2.88 bits per heavy atom. The Morgan fingerprint density at radius 1 is 1.35 bits per heavy atom. The number of rotatable bonds is 7. The van der Waals surface area contributed by atoms with E-state index in [-0.39, 0.29) is 18.0 Å². The first-order valence-electron chi connectivity index (χ1n) is 10.3. The van der Waals surface area contributed by atoms with Crippen LogP contribution in [-0.4, -0.2) is 37.9 Å². The number of hydrogen-bond donors (Lipinski definition) is 0. The van der Waals surface area contributed by atoms with E-state index >= 15 is 0 Å². The molecule has 0 bridgehead atoms. The van der Waals surface area contributed by atoms with Gasteiger partial charge in [0.1, 0.15) is 0 Å². The third kappa shape index (κ3) is 4.25. The van der Waals surface area contributed by atoms with Gasteiger partial charge in [0.05, 0.1) is 18.3 Å². The zero-order chi connectivity index (χ0) is 18.4. The minimum Gasteiger partial charge on any atom is -0.327 e. The highest BCUT2D eigenvalue weighted by atomic mass is 16.2. The molecule has 0 saturated heterocycles. The highest BCUT2D eigenvalue weighted by Crippen LogP contribution is 2.28. The molecule has 2 atom stereocenters. The van der Waals surface area contributed by atoms with E-state index in [1.807, 2.05) is 21.9 Å². The quantitative estimate of drug-likeness (QED) is 0.666. The Kier molecular flexibility index (Phi) is 6.64. The summed E-state index contributed by atoms with van der Waals surface area (Å²) in [6.45, 7) is 6.07. The maximum Gasteiger partial charge on any atom is 0.276 e. The summed E-state index contributed by atoms with van der Waals surface area (Å²) >= 11 is 0. The fourth-order valence-electron chi connectivity index (χ4n) is 4.27. The molecule has 5 heteroatoms. The van der Waals surface area contributed by atoms with Gasteiger partial charge in [0.2, 0.25) is 0 Å². The Hall–Kier alpha value is -1.91. The van der Waals surface area contributed by atoms with E-state index < -0.39 is 0 Å². The summed E-state index contributed by atoms with van der Waals surface area (Å²) in [6, 6.07) is 0.728. The summed E-state index contributed by atoms with van der Waals surface area (Å²) in [5.41, 5.74) is 0.487. The fraction of sp³-hybridized carbons (Fsp3) is 0.667. The third-order valence-electron chi connectivity index (χ3n) is 5.72. The summed E-state index contributed by atoms with van der Waals surface area (Å²) in [5, 5.41) is 8.54. The molecular formula is C21H32N4O. The number of aromatic nitrogens is 3. The molecule has 0 N–H and O–H groups in total. The summed E-state index contributed by atoms with van der Waals surface area (Å²) in [7, 11) is 0. The standard InChI is InChI=1S/C21H32N4O/c1-3-5-11-19-15-9-14-18(10-4-2)25(19)21(26)20-16-24(23-22-20)17-12-7-6-8-13-17/h4,9,15-19H,2-3,5-8,10-14H2,1H3/t18-,19-/m0/s1. The number of hydrogen-bond acceptors (Lipinski definition) is 3. The molecule has 5 nitrogen and oxygen atoms in total. The van der Waals surface area contributed by atoms with Gasteiger partial charge in [0, 0.05) is 6.04 Å². The molecule has 2 aliphatic rings. The lowest BCUT2D eigenvalue weighted by Gasteiger charge is -2.38. The van der Waals surface area contributed by atoms with Crippen LogP contribution < -0.4 is 0 Å². The molecule has 0 unspecified atom stereocenters. The highest BCUT2D eigenvalue weighted by Gasteiger charge is 2.33. The summed E-state index contributed by atoms with van der Waals surface area (Å²) < 4.78 is 1.93. The highest BCUT2D eigenvalue weighted by molar-refractivity contribution is 5.92. The van der Waals surface area contributed by atoms with Crippen LogP contribution in [0.2, 0.25) is 0 Å². The first-order valence-corrected chi connectivity index (χ1v) is 10.3. The predicted molar refractivity (Wildman–Crippen MR) is 104 cm³/mol. The predicted octanol–water partition coefficient (Wildman–Crippen LogP) is 4.69. The molecular weight excluding hydrogens is 324 g/mol. The first-order chi connectivity index (χ1) is 12.7. The lowest BCUT2D eigenvalue weighted by atomic mass is 9.95. The van der Waals surface area contributed by atoms with E-state index in [1.165, 1.54) is 19.3 Å². The molecule has 1 aliphatic carbocycles. The second-order valence-electron chi connectivity index (χ2n) is 7.64. The molecule has 1 fully saturated rings. The van der Waals surface area contributed by atoms with Crippen molar-refractivity contribution in [3.63, 3.8) is 0 Å². The molecule has 2 heterocycles. The number of amides is 1. The average molecular weight is 357 g/mol. The van der Waals surface area contributed by atoms with Crippen LogP contribution in [0.3, 0.4) is 0 Å². The summed E-state index contributed by atoms with van der Waals surface area (Å²) in [5.74, 6) is 0.0179. The Morgan fingerprint density at radius 2 is 2.15 bits per heavy atom. The molecule has 1 aliphatic heterocycles. The van der Waals surface area contributed by atoms with Gasteiger partial charge in [0.15, 0.2) is 5.69 Å². The summed E-state index contributed by atoms with van der Waals surface area (Å²) in [6.07, 6.45) is 19.2.